The summed E-state index contributed by atoms with van der Waals surface area (Å²) in [6.45, 7) is 1.53. The summed E-state index contributed by atoms with van der Waals surface area (Å²) in [5.74, 6) is -0.729. The number of anilines is 2. The van der Waals surface area contributed by atoms with E-state index in [0.717, 1.165) is 41.9 Å². The van der Waals surface area contributed by atoms with E-state index in [1.54, 1.807) is 0 Å². The van der Waals surface area contributed by atoms with E-state index in [9.17, 15) is 14.0 Å². The Morgan fingerprint density at radius 2 is 1.78 bits per heavy atom. The molecule has 0 saturated heterocycles. The minimum absolute atomic E-state index is 0.0518. The van der Waals surface area contributed by atoms with Gasteiger partial charge in [0, 0.05) is 36.2 Å². The second-order valence-corrected chi connectivity index (χ2v) is 9.02. The highest BCUT2D eigenvalue weighted by molar-refractivity contribution is 6.05. The van der Waals surface area contributed by atoms with Crippen LogP contribution in [0.25, 0.3) is 5.69 Å². The maximum absolute atomic E-state index is 13.2. The lowest BCUT2D eigenvalue weighted by molar-refractivity contribution is -0.119. The van der Waals surface area contributed by atoms with Crippen LogP contribution in [-0.2, 0) is 17.6 Å². The first kappa shape index (κ1) is 24.2. The van der Waals surface area contributed by atoms with E-state index in [1.807, 2.05) is 65.6 Å². The van der Waals surface area contributed by atoms with Gasteiger partial charge in [-0.05, 0) is 78.9 Å². The molecular formula is C29H28FN5O2. The molecule has 2 amide bonds. The van der Waals surface area contributed by atoms with Crippen LogP contribution in [0.1, 0.15) is 27.9 Å². The van der Waals surface area contributed by atoms with Crippen molar-refractivity contribution in [3.8, 4) is 5.69 Å². The number of carbonyl (C=O) groups excluding carboxylic acids is 2. The van der Waals surface area contributed by atoms with Gasteiger partial charge >= 0.3 is 0 Å². The second kappa shape index (κ2) is 11.1. The molecule has 37 heavy (non-hydrogen) atoms. The largest absolute Gasteiger partial charge is 0.362 e. The van der Waals surface area contributed by atoms with Gasteiger partial charge in [0.15, 0.2) is 0 Å². The molecule has 7 nitrogen and oxygen atoms in total. The molecule has 0 radical (unpaired) electrons. The molecule has 2 N–H and O–H groups in total. The minimum Gasteiger partial charge on any atom is -0.362 e. The second-order valence-electron chi connectivity index (χ2n) is 9.02. The number of hydrogen-bond acceptors (Lipinski definition) is 4. The highest BCUT2D eigenvalue weighted by atomic mass is 19.1. The Balaban J connectivity index is 1.17. The predicted molar refractivity (Wildman–Crippen MR) is 142 cm³/mol. The van der Waals surface area contributed by atoms with E-state index < -0.39 is 0 Å². The zero-order chi connectivity index (χ0) is 25.6. The van der Waals surface area contributed by atoms with Crippen molar-refractivity contribution in [2.24, 2.45) is 0 Å². The highest BCUT2D eigenvalue weighted by Gasteiger charge is 2.22. The summed E-state index contributed by atoms with van der Waals surface area (Å²) in [7, 11) is 0. The zero-order valence-corrected chi connectivity index (χ0v) is 20.4. The Hall–Kier alpha value is -4.46. The van der Waals surface area contributed by atoms with Crippen LogP contribution in [0, 0.1) is 5.82 Å². The number of amides is 2. The summed E-state index contributed by atoms with van der Waals surface area (Å²) in [6.07, 6.45) is 6.17. The third-order valence-electron chi connectivity index (χ3n) is 6.43. The predicted octanol–water partition coefficient (Wildman–Crippen LogP) is 4.38. The minimum atomic E-state index is -0.384. The maximum Gasteiger partial charge on any atom is 0.255 e. The van der Waals surface area contributed by atoms with Crippen molar-refractivity contribution in [2.45, 2.75) is 19.3 Å². The summed E-state index contributed by atoms with van der Waals surface area (Å²) in [5.41, 5.74) is 5.10. The molecule has 0 bridgehead atoms. The van der Waals surface area contributed by atoms with Crippen LogP contribution < -0.4 is 15.5 Å². The summed E-state index contributed by atoms with van der Waals surface area (Å²) in [6, 6.07) is 21.1. The Morgan fingerprint density at radius 1 is 0.973 bits per heavy atom. The Morgan fingerprint density at radius 3 is 2.59 bits per heavy atom. The van der Waals surface area contributed by atoms with Crippen molar-refractivity contribution >= 4 is 23.2 Å². The highest BCUT2D eigenvalue weighted by Crippen LogP contribution is 2.33. The summed E-state index contributed by atoms with van der Waals surface area (Å²) < 4.78 is 15.0. The Bertz CT molecular complexity index is 1390. The molecule has 1 aromatic heterocycles. The van der Waals surface area contributed by atoms with Crippen LogP contribution in [0.4, 0.5) is 15.8 Å². The van der Waals surface area contributed by atoms with Gasteiger partial charge in [0.2, 0.25) is 5.91 Å². The van der Waals surface area contributed by atoms with Gasteiger partial charge in [-0.15, -0.1) is 0 Å². The molecule has 5 rings (SSSR count). The number of fused-ring (bicyclic) bond motifs is 1. The van der Waals surface area contributed by atoms with Gasteiger partial charge in [-0.1, -0.05) is 24.3 Å². The van der Waals surface area contributed by atoms with Gasteiger partial charge in [0.1, 0.15) is 5.82 Å². The number of halogens is 1. The number of aromatic nitrogens is 2. The van der Waals surface area contributed by atoms with Crippen molar-refractivity contribution < 1.29 is 14.0 Å². The van der Waals surface area contributed by atoms with Crippen LogP contribution in [0.3, 0.4) is 0 Å². The first-order valence-electron chi connectivity index (χ1n) is 12.4. The molecule has 188 valence electrons. The van der Waals surface area contributed by atoms with Gasteiger partial charge in [-0.3, -0.25) is 9.59 Å². The molecule has 0 saturated carbocycles. The number of nitrogens with zero attached hydrogens (tertiary/aromatic N) is 3. The third-order valence-corrected chi connectivity index (χ3v) is 6.43. The number of nitrogens with one attached hydrogen (secondary N) is 2. The molecule has 4 aromatic rings. The smallest absolute Gasteiger partial charge is 0.255 e. The quantitative estimate of drug-likeness (QED) is 0.379. The molecule has 0 atom stereocenters. The molecule has 3 aromatic carbocycles. The van der Waals surface area contributed by atoms with Crippen LogP contribution in [0.15, 0.2) is 85.2 Å². The van der Waals surface area contributed by atoms with Gasteiger partial charge < -0.3 is 15.5 Å². The normalized spacial score (nSPS) is 12.6. The van der Waals surface area contributed by atoms with Gasteiger partial charge in [0.25, 0.3) is 5.91 Å². The van der Waals surface area contributed by atoms with Crippen molar-refractivity contribution in [2.75, 3.05) is 29.9 Å². The van der Waals surface area contributed by atoms with Crippen molar-refractivity contribution in [3.05, 3.63) is 108 Å². The molecule has 1 aliphatic rings. The first-order chi connectivity index (χ1) is 18.1. The molecule has 1 aliphatic heterocycles. The molecule has 2 heterocycles. The SMILES string of the molecule is O=C(CN1CCCc2c(NC(=O)c3ccc(F)cc3)cccc21)NCCc1cnn(-c2ccccc2)c1. The van der Waals surface area contributed by atoms with Crippen LogP contribution in [0.5, 0.6) is 0 Å². The lowest BCUT2D eigenvalue weighted by Crippen LogP contribution is -2.40. The zero-order valence-electron chi connectivity index (χ0n) is 20.4. The number of para-hydroxylation sites is 1. The van der Waals surface area contributed by atoms with Crippen LogP contribution >= 0.6 is 0 Å². The average molecular weight is 498 g/mol. The van der Waals surface area contributed by atoms with Crippen molar-refractivity contribution in [1.29, 1.82) is 0 Å². The van der Waals surface area contributed by atoms with Gasteiger partial charge in [-0.2, -0.15) is 5.10 Å². The molecule has 0 aliphatic carbocycles. The number of hydrogen-bond donors (Lipinski definition) is 2. The van der Waals surface area contributed by atoms with Crippen LogP contribution in [0.2, 0.25) is 0 Å². The van der Waals surface area contributed by atoms with E-state index in [1.165, 1.54) is 24.3 Å². The van der Waals surface area contributed by atoms with E-state index >= 15 is 0 Å². The molecular weight excluding hydrogens is 469 g/mol. The fraction of sp³-hybridized carbons (Fsp3) is 0.207. The topological polar surface area (TPSA) is 79.3 Å². The summed E-state index contributed by atoms with van der Waals surface area (Å²) in [4.78, 5) is 27.5. The van der Waals surface area contributed by atoms with E-state index in [0.29, 0.717) is 24.2 Å². The van der Waals surface area contributed by atoms with E-state index in [2.05, 4.69) is 20.6 Å². The fourth-order valence-corrected chi connectivity index (χ4v) is 4.56. The van der Waals surface area contributed by atoms with E-state index in [4.69, 9.17) is 0 Å². The van der Waals surface area contributed by atoms with Crippen LogP contribution in [-0.4, -0.2) is 41.2 Å². The monoisotopic (exact) mass is 497 g/mol. The van der Waals surface area contributed by atoms with Crippen molar-refractivity contribution in [3.63, 3.8) is 0 Å². The average Bonchev–Trinajstić information content (AvgIpc) is 3.39. The first-order valence-corrected chi connectivity index (χ1v) is 12.4. The molecule has 8 heteroatoms. The lowest BCUT2D eigenvalue weighted by Gasteiger charge is -2.32. The van der Waals surface area contributed by atoms with Crippen molar-refractivity contribution in [1.82, 2.24) is 15.1 Å². The Kier molecular flexibility index (Phi) is 7.26. The summed E-state index contributed by atoms with van der Waals surface area (Å²) >= 11 is 0. The summed E-state index contributed by atoms with van der Waals surface area (Å²) in [5, 5.41) is 10.4. The lowest BCUT2D eigenvalue weighted by atomic mass is 9.99. The molecule has 0 unspecified atom stereocenters. The van der Waals surface area contributed by atoms with E-state index in [-0.39, 0.29) is 24.2 Å². The molecule has 0 spiro atoms. The number of carbonyl (C=O) groups is 2. The third kappa shape index (κ3) is 5.86. The van der Waals surface area contributed by atoms with Gasteiger partial charge in [-0.25, -0.2) is 9.07 Å². The fourth-order valence-electron chi connectivity index (χ4n) is 4.56. The van der Waals surface area contributed by atoms with Gasteiger partial charge in [0.05, 0.1) is 18.4 Å². The Labute approximate surface area is 214 Å². The molecule has 0 fully saturated rings. The standard InChI is InChI=1S/C29H28FN5O2/c30-23-13-11-22(12-14-23)29(37)33-26-9-4-10-27-25(26)8-5-17-34(27)20-28(36)31-16-15-21-18-32-35(19-21)24-6-2-1-3-7-24/h1-4,6-7,9-14,18-19H,5,8,15-17,20H2,(H,31,36)(H,33,37). The number of rotatable bonds is 8. The number of benzene rings is 3. The maximum atomic E-state index is 13.2.